The first-order valence-corrected chi connectivity index (χ1v) is 12.4. The summed E-state index contributed by atoms with van der Waals surface area (Å²) in [6, 6.07) is 18.7. The highest BCUT2D eigenvalue weighted by Crippen LogP contribution is 2.41. The van der Waals surface area contributed by atoms with Crippen LogP contribution in [0.1, 0.15) is 10.4 Å². The first-order chi connectivity index (χ1) is 15.2. The van der Waals surface area contributed by atoms with E-state index in [4.69, 9.17) is 11.6 Å². The quantitative estimate of drug-likeness (QED) is 0.379. The Balaban J connectivity index is 1.82. The van der Waals surface area contributed by atoms with Crippen molar-refractivity contribution in [2.45, 2.75) is 4.90 Å². The number of halogens is 2. The molecule has 1 N–H and O–H groups in total. The van der Waals surface area contributed by atoms with Crippen molar-refractivity contribution in [3.8, 4) is 21.7 Å². The van der Waals surface area contributed by atoms with E-state index >= 15 is 0 Å². The molecule has 0 unspecified atom stereocenters. The van der Waals surface area contributed by atoms with E-state index in [-0.39, 0.29) is 15.9 Å². The minimum atomic E-state index is -3.54. The zero-order valence-corrected chi connectivity index (χ0v) is 19.1. The molecule has 0 saturated heterocycles. The van der Waals surface area contributed by atoms with Crippen LogP contribution in [0.25, 0.3) is 21.7 Å². The van der Waals surface area contributed by atoms with Gasteiger partial charge in [0, 0.05) is 22.4 Å². The van der Waals surface area contributed by atoms with E-state index in [1.165, 1.54) is 29.5 Å². The predicted molar refractivity (Wildman–Crippen MR) is 125 cm³/mol. The van der Waals surface area contributed by atoms with E-state index in [1.807, 2.05) is 0 Å². The van der Waals surface area contributed by atoms with Gasteiger partial charge < -0.3 is 0 Å². The Labute approximate surface area is 193 Å². The summed E-state index contributed by atoms with van der Waals surface area (Å²) in [6.07, 6.45) is 1.12. The van der Waals surface area contributed by atoms with Crippen LogP contribution in [0, 0.1) is 5.82 Å². The molecule has 0 saturated carbocycles. The number of nitrogens with zero attached hydrogens (tertiary/aromatic N) is 1. The van der Waals surface area contributed by atoms with Gasteiger partial charge in [0.2, 0.25) is 0 Å². The number of amides is 1. The maximum Gasteiger partial charge on any atom is 0.257 e. The van der Waals surface area contributed by atoms with Gasteiger partial charge in [-0.25, -0.2) is 17.8 Å². The number of aromatic nitrogens is 1. The first-order valence-electron chi connectivity index (χ1n) is 9.35. The average molecular weight is 487 g/mol. The molecule has 0 fully saturated rings. The van der Waals surface area contributed by atoms with E-state index < -0.39 is 15.7 Å². The van der Waals surface area contributed by atoms with Gasteiger partial charge in [0.25, 0.3) is 5.91 Å². The van der Waals surface area contributed by atoms with Gasteiger partial charge >= 0.3 is 0 Å². The molecule has 3 aromatic carbocycles. The van der Waals surface area contributed by atoms with Crippen LogP contribution in [0.3, 0.4) is 0 Å². The number of nitrogens with one attached hydrogen (secondary N) is 1. The molecule has 0 aliphatic heterocycles. The third-order valence-electron chi connectivity index (χ3n) is 4.60. The minimum absolute atomic E-state index is 0.115. The van der Waals surface area contributed by atoms with Gasteiger partial charge in [-0.1, -0.05) is 53.3 Å². The van der Waals surface area contributed by atoms with Crippen LogP contribution in [0.5, 0.6) is 0 Å². The highest BCUT2D eigenvalue weighted by atomic mass is 35.5. The van der Waals surface area contributed by atoms with Crippen LogP contribution in [0.15, 0.2) is 77.7 Å². The molecule has 5 nitrogen and oxygen atoms in total. The zero-order valence-electron chi connectivity index (χ0n) is 16.7. The summed E-state index contributed by atoms with van der Waals surface area (Å²) in [7, 11) is -3.54. The van der Waals surface area contributed by atoms with E-state index in [9.17, 15) is 17.6 Å². The van der Waals surface area contributed by atoms with Gasteiger partial charge in [0.15, 0.2) is 15.0 Å². The molecule has 9 heteroatoms. The number of benzene rings is 3. The van der Waals surface area contributed by atoms with E-state index in [1.54, 1.807) is 54.6 Å². The van der Waals surface area contributed by atoms with Crippen LogP contribution in [-0.4, -0.2) is 25.6 Å². The smallest absolute Gasteiger partial charge is 0.257 e. The van der Waals surface area contributed by atoms with Gasteiger partial charge in [-0.05, 0) is 48.0 Å². The highest BCUT2D eigenvalue weighted by molar-refractivity contribution is 7.90. The molecule has 4 rings (SSSR count). The molecule has 32 heavy (non-hydrogen) atoms. The largest absolute Gasteiger partial charge is 0.298 e. The maximum atomic E-state index is 13.5. The Morgan fingerprint density at radius 2 is 1.66 bits per heavy atom. The molecule has 4 aromatic rings. The minimum Gasteiger partial charge on any atom is -0.298 e. The molecular weight excluding hydrogens is 471 g/mol. The standard InChI is InChI=1S/C23H16ClFN2O3S2/c1-32(29,30)19-5-3-2-4-18(19)20-21(14-8-12-17(25)13-9-14)31-23(26-20)27-22(28)15-6-10-16(24)11-7-15/h2-13H,1H3,(H,26,27,28). The molecule has 1 heterocycles. The summed E-state index contributed by atoms with van der Waals surface area (Å²) in [5.41, 5.74) is 1.83. The Morgan fingerprint density at radius 3 is 2.31 bits per heavy atom. The number of anilines is 1. The SMILES string of the molecule is CS(=O)(=O)c1ccccc1-c1nc(NC(=O)c2ccc(Cl)cc2)sc1-c1ccc(F)cc1. The number of thiazole rings is 1. The van der Waals surface area contributed by atoms with Crippen LogP contribution >= 0.6 is 22.9 Å². The maximum absolute atomic E-state index is 13.5. The van der Waals surface area contributed by atoms with Gasteiger partial charge in [0.05, 0.1) is 15.5 Å². The second-order valence-corrected chi connectivity index (χ2v) is 10.4. The number of hydrogen-bond acceptors (Lipinski definition) is 5. The van der Waals surface area contributed by atoms with Gasteiger partial charge in [-0.2, -0.15) is 0 Å². The monoisotopic (exact) mass is 486 g/mol. The fraction of sp³-hybridized carbons (Fsp3) is 0.0435. The highest BCUT2D eigenvalue weighted by Gasteiger charge is 2.22. The van der Waals surface area contributed by atoms with Crippen LogP contribution in [0.2, 0.25) is 5.02 Å². The van der Waals surface area contributed by atoms with Crippen LogP contribution in [-0.2, 0) is 9.84 Å². The van der Waals surface area contributed by atoms with Crippen molar-refractivity contribution in [3.05, 3.63) is 89.2 Å². The summed E-state index contributed by atoms with van der Waals surface area (Å²) < 4.78 is 38.2. The third kappa shape index (κ3) is 4.72. The topological polar surface area (TPSA) is 76.1 Å². The van der Waals surface area contributed by atoms with Crippen molar-refractivity contribution in [2.24, 2.45) is 0 Å². The molecule has 0 aliphatic carbocycles. The molecular formula is C23H16ClFN2O3S2. The number of hydrogen-bond donors (Lipinski definition) is 1. The molecule has 162 valence electrons. The third-order valence-corrected chi connectivity index (χ3v) is 7.03. The van der Waals surface area contributed by atoms with Crippen LogP contribution < -0.4 is 5.32 Å². The number of carbonyl (C=O) groups is 1. The predicted octanol–water partition coefficient (Wildman–Crippen LogP) is 5.93. The van der Waals surface area contributed by atoms with Crippen molar-refractivity contribution in [1.82, 2.24) is 4.98 Å². The van der Waals surface area contributed by atoms with Crippen molar-refractivity contribution in [2.75, 3.05) is 11.6 Å². The zero-order chi connectivity index (χ0) is 22.9. The molecule has 0 aliphatic rings. The Hall–Kier alpha value is -3.07. The van der Waals surface area contributed by atoms with Crippen molar-refractivity contribution in [3.63, 3.8) is 0 Å². The van der Waals surface area contributed by atoms with Crippen LogP contribution in [0.4, 0.5) is 9.52 Å². The fourth-order valence-electron chi connectivity index (χ4n) is 3.11. The summed E-state index contributed by atoms with van der Waals surface area (Å²) >= 11 is 7.05. The van der Waals surface area contributed by atoms with E-state index in [2.05, 4.69) is 10.3 Å². The molecule has 0 atom stereocenters. The second kappa shape index (κ2) is 8.82. The molecule has 0 bridgehead atoms. The summed E-state index contributed by atoms with van der Waals surface area (Å²) in [4.78, 5) is 17.9. The summed E-state index contributed by atoms with van der Waals surface area (Å²) in [5.74, 6) is -0.781. The molecule has 1 aromatic heterocycles. The second-order valence-electron chi connectivity index (χ2n) is 6.93. The molecule has 0 spiro atoms. The lowest BCUT2D eigenvalue weighted by Crippen LogP contribution is -2.11. The lowest BCUT2D eigenvalue weighted by molar-refractivity contribution is 0.102. The Morgan fingerprint density at radius 1 is 1.00 bits per heavy atom. The van der Waals surface area contributed by atoms with Gasteiger partial charge in [-0.15, -0.1) is 0 Å². The van der Waals surface area contributed by atoms with Gasteiger partial charge in [-0.3, -0.25) is 10.1 Å². The summed E-state index contributed by atoms with van der Waals surface area (Å²) in [6.45, 7) is 0. The van der Waals surface area contributed by atoms with Crippen molar-refractivity contribution < 1.29 is 17.6 Å². The van der Waals surface area contributed by atoms with Crippen molar-refractivity contribution in [1.29, 1.82) is 0 Å². The lowest BCUT2D eigenvalue weighted by atomic mass is 10.1. The first kappa shape index (κ1) is 22.1. The normalized spacial score (nSPS) is 11.3. The molecule has 0 radical (unpaired) electrons. The van der Waals surface area contributed by atoms with Gasteiger partial charge in [0.1, 0.15) is 5.82 Å². The Kier molecular flexibility index (Phi) is 6.10. The van der Waals surface area contributed by atoms with Crippen molar-refractivity contribution >= 4 is 43.8 Å². The summed E-state index contributed by atoms with van der Waals surface area (Å²) in [5, 5.41) is 3.54. The number of rotatable bonds is 5. The fourth-order valence-corrected chi connectivity index (χ4v) is 5.11. The number of sulfone groups is 1. The molecule has 1 amide bonds. The van der Waals surface area contributed by atoms with E-state index in [0.717, 1.165) is 6.26 Å². The average Bonchev–Trinajstić information content (AvgIpc) is 3.17. The Bertz CT molecular complexity index is 1400. The number of carbonyl (C=O) groups excluding carboxylic acids is 1. The lowest BCUT2D eigenvalue weighted by Gasteiger charge is -2.08. The van der Waals surface area contributed by atoms with E-state index in [0.29, 0.717) is 32.3 Å².